The van der Waals surface area contributed by atoms with Gasteiger partial charge in [-0.2, -0.15) is 9.57 Å². The van der Waals surface area contributed by atoms with Crippen LogP contribution in [0, 0.1) is 11.3 Å². The van der Waals surface area contributed by atoms with E-state index in [1.807, 2.05) is 36.4 Å². The zero-order chi connectivity index (χ0) is 22.0. The molecule has 2 atom stereocenters. The van der Waals surface area contributed by atoms with Gasteiger partial charge in [-0.25, -0.2) is 13.4 Å². The molecule has 1 amide bonds. The number of carbonyl (C=O) groups excluding carboxylic acids is 1. The summed E-state index contributed by atoms with van der Waals surface area (Å²) in [5.74, 6) is -0.519. The monoisotopic (exact) mass is 435 g/mol. The maximum atomic E-state index is 13.1. The van der Waals surface area contributed by atoms with Crippen LogP contribution in [-0.4, -0.2) is 47.3 Å². The Morgan fingerprint density at radius 3 is 2.45 bits per heavy atom. The smallest absolute Gasteiger partial charge is 0.262 e. The number of nitriles is 1. The molecule has 8 nitrogen and oxygen atoms in total. The van der Waals surface area contributed by atoms with Crippen molar-refractivity contribution in [1.82, 2.24) is 19.2 Å². The highest BCUT2D eigenvalue weighted by atomic mass is 32.2. The topological polar surface area (TPSA) is 108 Å². The van der Waals surface area contributed by atoms with Gasteiger partial charge in [0, 0.05) is 37.8 Å². The van der Waals surface area contributed by atoms with E-state index in [1.54, 1.807) is 35.9 Å². The number of rotatable bonds is 5. The van der Waals surface area contributed by atoms with E-state index in [2.05, 4.69) is 10.3 Å². The third-order valence-corrected chi connectivity index (χ3v) is 7.11. The van der Waals surface area contributed by atoms with E-state index < -0.39 is 16.1 Å². The largest absolute Gasteiger partial charge is 0.347 e. The lowest BCUT2D eigenvalue weighted by atomic mass is 9.94. The first-order valence-electron chi connectivity index (χ1n) is 9.72. The molecule has 2 aromatic carbocycles. The molecule has 0 unspecified atom stereocenters. The van der Waals surface area contributed by atoms with Crippen LogP contribution in [0.15, 0.2) is 72.1 Å². The average Bonchev–Trinajstić information content (AvgIpc) is 3.42. The summed E-state index contributed by atoms with van der Waals surface area (Å²) in [6.07, 6.45) is 2.91. The zero-order valence-corrected chi connectivity index (χ0v) is 17.7. The fourth-order valence-corrected chi connectivity index (χ4v) is 5.21. The number of benzene rings is 2. The number of sulfonamides is 1. The van der Waals surface area contributed by atoms with Crippen molar-refractivity contribution in [2.45, 2.75) is 17.0 Å². The van der Waals surface area contributed by atoms with Gasteiger partial charge in [-0.1, -0.05) is 30.3 Å². The standard InChI is InChI=1S/C22H21N5O3S/c1-26-14-21(24-15-26)31(29,30)27-12-19(17-5-3-2-4-6-17)20(13-27)25-22(28)18-9-7-16(11-23)8-10-18/h2-10,14-15,19-20H,12-13H2,1H3,(H,25,28)/t19-,20+/m1/s1. The molecule has 0 radical (unpaired) electrons. The van der Waals surface area contributed by atoms with Crippen molar-refractivity contribution < 1.29 is 13.2 Å². The number of hydrogen-bond acceptors (Lipinski definition) is 5. The molecule has 158 valence electrons. The molecule has 1 aliphatic heterocycles. The molecule has 3 aromatic rings. The van der Waals surface area contributed by atoms with Crippen LogP contribution < -0.4 is 5.32 Å². The third-order valence-electron chi connectivity index (χ3n) is 5.39. The summed E-state index contributed by atoms with van der Waals surface area (Å²) in [6, 6.07) is 17.5. The van der Waals surface area contributed by atoms with Crippen LogP contribution in [0.25, 0.3) is 0 Å². The van der Waals surface area contributed by atoms with E-state index >= 15 is 0 Å². The predicted octanol–water partition coefficient (Wildman–Crippen LogP) is 1.88. The fourth-order valence-electron chi connectivity index (χ4n) is 3.75. The number of imidazole rings is 1. The van der Waals surface area contributed by atoms with E-state index in [-0.39, 0.29) is 29.9 Å². The minimum Gasteiger partial charge on any atom is -0.347 e. The normalized spacial score (nSPS) is 19.1. The fraction of sp³-hybridized carbons (Fsp3) is 0.227. The van der Waals surface area contributed by atoms with Crippen molar-refractivity contribution in [2.24, 2.45) is 7.05 Å². The lowest BCUT2D eigenvalue weighted by molar-refractivity contribution is 0.0936. The van der Waals surface area contributed by atoms with Gasteiger partial charge in [0.15, 0.2) is 5.03 Å². The number of hydrogen-bond donors (Lipinski definition) is 1. The summed E-state index contributed by atoms with van der Waals surface area (Å²) in [5, 5.41) is 11.9. The molecule has 1 N–H and O–H groups in total. The Labute approximate surface area is 180 Å². The maximum absolute atomic E-state index is 13.1. The lowest BCUT2D eigenvalue weighted by Crippen LogP contribution is -2.40. The van der Waals surface area contributed by atoms with Crippen molar-refractivity contribution >= 4 is 15.9 Å². The molecule has 1 aliphatic rings. The molecule has 0 saturated carbocycles. The molecule has 1 saturated heterocycles. The van der Waals surface area contributed by atoms with E-state index in [0.29, 0.717) is 11.1 Å². The average molecular weight is 436 g/mol. The number of aryl methyl sites for hydroxylation is 1. The second-order valence-electron chi connectivity index (χ2n) is 7.49. The van der Waals surface area contributed by atoms with Crippen molar-refractivity contribution in [3.63, 3.8) is 0 Å². The van der Waals surface area contributed by atoms with Gasteiger partial charge in [-0.15, -0.1) is 0 Å². The van der Waals surface area contributed by atoms with Crippen LogP contribution in [0.1, 0.15) is 27.4 Å². The maximum Gasteiger partial charge on any atom is 0.262 e. The molecule has 4 rings (SSSR count). The van der Waals surface area contributed by atoms with Crippen LogP contribution in [0.2, 0.25) is 0 Å². The van der Waals surface area contributed by atoms with Gasteiger partial charge < -0.3 is 9.88 Å². The van der Waals surface area contributed by atoms with Gasteiger partial charge in [0.1, 0.15) is 0 Å². The number of nitrogens with zero attached hydrogens (tertiary/aromatic N) is 4. The SMILES string of the molecule is Cn1cnc(S(=O)(=O)N2C[C@H](NC(=O)c3ccc(C#N)cc3)[C@@H](c3ccccc3)C2)c1. The number of nitrogens with one attached hydrogen (secondary N) is 1. The van der Waals surface area contributed by atoms with Crippen molar-refractivity contribution in [3.05, 3.63) is 83.8 Å². The minimum atomic E-state index is -3.79. The molecule has 0 bridgehead atoms. The Balaban J connectivity index is 1.60. The van der Waals surface area contributed by atoms with Crippen LogP contribution >= 0.6 is 0 Å². The Bertz CT molecular complexity index is 1230. The van der Waals surface area contributed by atoms with Gasteiger partial charge in [-0.05, 0) is 29.8 Å². The molecule has 0 spiro atoms. The molecule has 2 heterocycles. The highest BCUT2D eigenvalue weighted by Crippen LogP contribution is 2.31. The molecular weight excluding hydrogens is 414 g/mol. The molecule has 31 heavy (non-hydrogen) atoms. The third kappa shape index (κ3) is 4.21. The first-order chi connectivity index (χ1) is 14.9. The van der Waals surface area contributed by atoms with Crippen molar-refractivity contribution in [3.8, 4) is 6.07 Å². The lowest BCUT2D eigenvalue weighted by Gasteiger charge is -2.20. The summed E-state index contributed by atoms with van der Waals surface area (Å²) >= 11 is 0. The second-order valence-corrected chi connectivity index (χ2v) is 9.37. The summed E-state index contributed by atoms with van der Waals surface area (Å²) in [7, 11) is -2.08. The Kier molecular flexibility index (Phi) is 5.59. The van der Waals surface area contributed by atoms with Crippen LogP contribution in [0.4, 0.5) is 0 Å². The zero-order valence-electron chi connectivity index (χ0n) is 16.8. The number of carbonyl (C=O) groups is 1. The highest BCUT2D eigenvalue weighted by molar-refractivity contribution is 7.89. The minimum absolute atomic E-state index is 0.0131. The summed E-state index contributed by atoms with van der Waals surface area (Å²) in [6.45, 7) is 0.377. The molecule has 9 heteroatoms. The molecule has 1 fully saturated rings. The van der Waals surface area contributed by atoms with E-state index in [1.165, 1.54) is 16.8 Å². The Morgan fingerprint density at radius 2 is 1.84 bits per heavy atom. The van der Waals surface area contributed by atoms with E-state index in [0.717, 1.165) is 5.56 Å². The molecule has 1 aromatic heterocycles. The summed E-state index contributed by atoms with van der Waals surface area (Å²) in [4.78, 5) is 16.8. The van der Waals surface area contributed by atoms with E-state index in [9.17, 15) is 13.2 Å². The molecule has 0 aliphatic carbocycles. The quantitative estimate of drug-likeness (QED) is 0.658. The second kappa shape index (κ2) is 8.34. The molecular formula is C22H21N5O3S. The van der Waals surface area contributed by atoms with Gasteiger partial charge in [0.05, 0.1) is 24.0 Å². The van der Waals surface area contributed by atoms with Crippen LogP contribution in [-0.2, 0) is 17.1 Å². The highest BCUT2D eigenvalue weighted by Gasteiger charge is 2.41. The van der Waals surface area contributed by atoms with E-state index in [4.69, 9.17) is 5.26 Å². The van der Waals surface area contributed by atoms with Crippen molar-refractivity contribution in [2.75, 3.05) is 13.1 Å². The predicted molar refractivity (Wildman–Crippen MR) is 114 cm³/mol. The van der Waals surface area contributed by atoms with Gasteiger partial charge in [-0.3, -0.25) is 4.79 Å². The number of aromatic nitrogens is 2. The first kappa shape index (κ1) is 20.8. The van der Waals surface area contributed by atoms with Crippen molar-refractivity contribution in [1.29, 1.82) is 5.26 Å². The number of amides is 1. The van der Waals surface area contributed by atoms with Gasteiger partial charge in [0.25, 0.3) is 15.9 Å². The Hall–Kier alpha value is -3.48. The first-order valence-corrected chi connectivity index (χ1v) is 11.2. The van der Waals surface area contributed by atoms with Crippen LogP contribution in [0.3, 0.4) is 0 Å². The summed E-state index contributed by atoms with van der Waals surface area (Å²) in [5.41, 5.74) is 1.83. The Morgan fingerprint density at radius 1 is 1.13 bits per heavy atom. The van der Waals surface area contributed by atoms with Crippen LogP contribution in [0.5, 0.6) is 0 Å². The van der Waals surface area contributed by atoms with Gasteiger partial charge in [0.2, 0.25) is 0 Å². The summed E-state index contributed by atoms with van der Waals surface area (Å²) < 4.78 is 29.2. The van der Waals surface area contributed by atoms with Gasteiger partial charge >= 0.3 is 0 Å².